The van der Waals surface area contributed by atoms with Gasteiger partial charge in [0, 0.05) is 38.6 Å². The van der Waals surface area contributed by atoms with Crippen LogP contribution in [-0.2, 0) is 0 Å². The highest BCUT2D eigenvalue weighted by atomic mass is 16.5. The molecule has 1 aliphatic carbocycles. The maximum atomic E-state index is 10.2. The summed E-state index contributed by atoms with van der Waals surface area (Å²) in [6, 6.07) is 3.76. The van der Waals surface area contributed by atoms with Crippen LogP contribution < -0.4 is 0 Å². The first kappa shape index (κ1) is 15.8. The lowest BCUT2D eigenvalue weighted by atomic mass is 10.2. The summed E-state index contributed by atoms with van der Waals surface area (Å²) in [7, 11) is 0. The molecule has 0 aromatic carbocycles. The van der Waals surface area contributed by atoms with Crippen LogP contribution in [0.2, 0.25) is 0 Å². The molecular weight excluding hydrogens is 308 g/mol. The van der Waals surface area contributed by atoms with E-state index >= 15 is 0 Å². The SMILES string of the molecule is C[C@@H](c1nc(C2CC2)no1)N1CCN(C[C@@H](O)c2ccco2)CC1. The van der Waals surface area contributed by atoms with Crippen molar-refractivity contribution in [1.29, 1.82) is 0 Å². The van der Waals surface area contributed by atoms with E-state index in [0.29, 0.717) is 18.2 Å². The predicted octanol–water partition coefficient (Wildman–Crippen LogP) is 1.95. The Morgan fingerprint density at radius 3 is 2.75 bits per heavy atom. The Hall–Kier alpha value is -1.70. The van der Waals surface area contributed by atoms with Crippen molar-refractivity contribution in [3.05, 3.63) is 35.9 Å². The van der Waals surface area contributed by atoms with Gasteiger partial charge in [0.05, 0.1) is 12.3 Å². The van der Waals surface area contributed by atoms with Crippen LogP contribution in [0.4, 0.5) is 0 Å². The quantitative estimate of drug-likeness (QED) is 0.866. The van der Waals surface area contributed by atoms with Gasteiger partial charge in [-0.25, -0.2) is 0 Å². The second kappa shape index (κ2) is 6.66. The molecule has 2 fully saturated rings. The van der Waals surface area contributed by atoms with Gasteiger partial charge in [-0.1, -0.05) is 5.16 Å². The van der Waals surface area contributed by atoms with E-state index in [-0.39, 0.29) is 6.04 Å². The van der Waals surface area contributed by atoms with Crippen LogP contribution in [0.25, 0.3) is 0 Å². The van der Waals surface area contributed by atoms with E-state index in [9.17, 15) is 5.11 Å². The van der Waals surface area contributed by atoms with Crippen LogP contribution in [0.5, 0.6) is 0 Å². The fourth-order valence-electron chi connectivity index (χ4n) is 3.23. The molecule has 2 aliphatic rings. The average molecular weight is 332 g/mol. The molecule has 2 atom stereocenters. The lowest BCUT2D eigenvalue weighted by Crippen LogP contribution is -2.48. The fraction of sp³-hybridized carbons (Fsp3) is 0.647. The molecule has 2 aromatic rings. The molecule has 24 heavy (non-hydrogen) atoms. The molecule has 7 heteroatoms. The average Bonchev–Trinajstić information content (AvgIpc) is 3.12. The highest BCUT2D eigenvalue weighted by molar-refractivity contribution is 5.05. The van der Waals surface area contributed by atoms with Gasteiger partial charge in [-0.05, 0) is 31.9 Å². The van der Waals surface area contributed by atoms with Crippen LogP contribution in [0.1, 0.15) is 55.3 Å². The van der Waals surface area contributed by atoms with Crippen molar-refractivity contribution in [1.82, 2.24) is 19.9 Å². The van der Waals surface area contributed by atoms with Crippen molar-refractivity contribution < 1.29 is 14.0 Å². The molecule has 0 spiro atoms. The summed E-state index contributed by atoms with van der Waals surface area (Å²) in [4.78, 5) is 9.19. The van der Waals surface area contributed by atoms with Crippen LogP contribution in [-0.4, -0.2) is 57.8 Å². The lowest BCUT2D eigenvalue weighted by Gasteiger charge is -2.37. The third kappa shape index (κ3) is 3.38. The molecule has 0 bridgehead atoms. The van der Waals surface area contributed by atoms with E-state index in [2.05, 4.69) is 26.9 Å². The number of rotatable bonds is 6. The van der Waals surface area contributed by atoms with E-state index in [0.717, 1.165) is 37.9 Å². The summed E-state index contributed by atoms with van der Waals surface area (Å²) in [5.74, 6) is 2.75. The standard InChI is InChI=1S/C17H24N4O3/c1-12(17-18-16(19-24-17)13-4-5-13)21-8-6-20(7-9-21)11-14(22)15-3-2-10-23-15/h2-3,10,12-14,22H,4-9,11H2,1H3/t12-,14+/m0/s1. The summed E-state index contributed by atoms with van der Waals surface area (Å²) >= 11 is 0. The molecule has 1 saturated heterocycles. The van der Waals surface area contributed by atoms with E-state index in [1.54, 1.807) is 12.3 Å². The number of piperazine rings is 1. The summed E-state index contributed by atoms with van der Waals surface area (Å²) < 4.78 is 10.7. The molecule has 4 rings (SSSR count). The van der Waals surface area contributed by atoms with E-state index in [1.165, 1.54) is 12.8 Å². The van der Waals surface area contributed by atoms with Crippen molar-refractivity contribution in [2.75, 3.05) is 32.7 Å². The van der Waals surface area contributed by atoms with Crippen LogP contribution in [0.15, 0.2) is 27.3 Å². The minimum atomic E-state index is -0.569. The number of furan rings is 1. The molecule has 0 radical (unpaired) electrons. The molecule has 3 heterocycles. The summed E-state index contributed by atoms with van der Waals surface area (Å²) in [6.07, 6.45) is 3.40. The third-order valence-corrected chi connectivity index (χ3v) is 5.01. The number of hydrogen-bond donors (Lipinski definition) is 1. The monoisotopic (exact) mass is 332 g/mol. The minimum absolute atomic E-state index is 0.141. The maximum Gasteiger partial charge on any atom is 0.243 e. The Morgan fingerprint density at radius 1 is 1.29 bits per heavy atom. The molecule has 7 nitrogen and oxygen atoms in total. The molecule has 2 aromatic heterocycles. The van der Waals surface area contributed by atoms with Crippen molar-refractivity contribution in [3.8, 4) is 0 Å². The second-order valence-electron chi connectivity index (χ2n) is 6.81. The second-order valence-corrected chi connectivity index (χ2v) is 6.81. The van der Waals surface area contributed by atoms with Gasteiger partial charge in [0.15, 0.2) is 5.82 Å². The zero-order valence-electron chi connectivity index (χ0n) is 14.0. The molecule has 1 aliphatic heterocycles. The van der Waals surface area contributed by atoms with Gasteiger partial charge < -0.3 is 14.0 Å². The Balaban J connectivity index is 1.28. The number of aliphatic hydroxyl groups excluding tert-OH is 1. The zero-order chi connectivity index (χ0) is 16.5. The van der Waals surface area contributed by atoms with Gasteiger partial charge in [-0.15, -0.1) is 0 Å². The van der Waals surface area contributed by atoms with Gasteiger partial charge in [0.2, 0.25) is 5.89 Å². The molecule has 1 saturated carbocycles. The summed E-state index contributed by atoms with van der Waals surface area (Å²) in [5, 5.41) is 14.3. The first-order valence-corrected chi connectivity index (χ1v) is 8.72. The highest BCUT2D eigenvalue weighted by Crippen LogP contribution is 2.38. The molecule has 130 valence electrons. The van der Waals surface area contributed by atoms with Gasteiger partial charge >= 0.3 is 0 Å². The number of nitrogens with zero attached hydrogens (tertiary/aromatic N) is 4. The Bertz CT molecular complexity index is 645. The largest absolute Gasteiger partial charge is 0.467 e. The lowest BCUT2D eigenvalue weighted by molar-refractivity contribution is 0.0452. The number of aliphatic hydroxyl groups is 1. The van der Waals surface area contributed by atoms with Crippen molar-refractivity contribution in [2.45, 2.75) is 37.8 Å². The zero-order valence-corrected chi connectivity index (χ0v) is 14.0. The van der Waals surface area contributed by atoms with Crippen molar-refractivity contribution in [2.24, 2.45) is 0 Å². The minimum Gasteiger partial charge on any atom is -0.467 e. The predicted molar refractivity (Wildman–Crippen MR) is 86.4 cm³/mol. The van der Waals surface area contributed by atoms with E-state index < -0.39 is 6.10 Å². The number of β-amino-alcohol motifs (C(OH)–C–C–N with tert-alkyl or cyclic N) is 1. The molecular formula is C17H24N4O3. The molecule has 0 unspecified atom stereocenters. The number of hydrogen-bond acceptors (Lipinski definition) is 7. The topological polar surface area (TPSA) is 78.8 Å². The summed E-state index contributed by atoms with van der Waals surface area (Å²) in [6.45, 7) is 6.39. The van der Waals surface area contributed by atoms with Gasteiger partial charge in [-0.3, -0.25) is 9.80 Å². The fourth-order valence-corrected chi connectivity index (χ4v) is 3.23. The first-order valence-electron chi connectivity index (χ1n) is 8.72. The van der Waals surface area contributed by atoms with E-state index in [4.69, 9.17) is 8.94 Å². The molecule has 0 amide bonds. The Labute approximate surface area is 141 Å². The van der Waals surface area contributed by atoms with Crippen LogP contribution >= 0.6 is 0 Å². The Kier molecular flexibility index (Phi) is 4.39. The van der Waals surface area contributed by atoms with Gasteiger partial charge in [0.25, 0.3) is 0 Å². The van der Waals surface area contributed by atoms with Gasteiger partial charge in [0.1, 0.15) is 11.9 Å². The van der Waals surface area contributed by atoms with Crippen molar-refractivity contribution >= 4 is 0 Å². The third-order valence-electron chi connectivity index (χ3n) is 5.01. The maximum absolute atomic E-state index is 10.2. The normalized spacial score (nSPS) is 22.6. The highest BCUT2D eigenvalue weighted by Gasteiger charge is 2.31. The van der Waals surface area contributed by atoms with Crippen molar-refractivity contribution in [3.63, 3.8) is 0 Å². The first-order chi connectivity index (χ1) is 11.7. The molecule has 1 N–H and O–H groups in total. The number of aromatic nitrogens is 2. The van der Waals surface area contributed by atoms with Crippen LogP contribution in [0.3, 0.4) is 0 Å². The van der Waals surface area contributed by atoms with Gasteiger partial charge in [-0.2, -0.15) is 4.98 Å². The summed E-state index contributed by atoms with van der Waals surface area (Å²) in [5.41, 5.74) is 0. The van der Waals surface area contributed by atoms with E-state index in [1.807, 2.05) is 6.07 Å². The smallest absolute Gasteiger partial charge is 0.243 e. The Morgan fingerprint density at radius 2 is 2.08 bits per heavy atom. The van der Waals surface area contributed by atoms with Crippen LogP contribution in [0, 0.1) is 0 Å².